The summed E-state index contributed by atoms with van der Waals surface area (Å²) in [5.41, 5.74) is 7.82. The third-order valence-electron chi connectivity index (χ3n) is 3.02. The number of ether oxygens (including phenoxy) is 2. The number of aromatic nitrogens is 2. The highest BCUT2D eigenvalue weighted by molar-refractivity contribution is 5.84. The Hall–Kier alpha value is -1.75. The Labute approximate surface area is 113 Å². The number of imidazole rings is 1. The third kappa shape index (κ3) is 2.66. The summed E-state index contributed by atoms with van der Waals surface area (Å²) < 4.78 is 12.9. The van der Waals surface area contributed by atoms with Crippen LogP contribution in [0.15, 0.2) is 18.2 Å². The van der Waals surface area contributed by atoms with Crippen molar-refractivity contribution in [2.24, 2.45) is 0 Å². The van der Waals surface area contributed by atoms with Gasteiger partial charge in [0.25, 0.3) is 0 Å². The number of nitrogens with two attached hydrogens (primary N) is 1. The highest BCUT2D eigenvalue weighted by Gasteiger charge is 2.16. The largest absolute Gasteiger partial charge is 0.491 e. The maximum Gasteiger partial charge on any atom is 0.201 e. The van der Waals surface area contributed by atoms with Crippen molar-refractivity contribution in [3.05, 3.63) is 18.2 Å². The van der Waals surface area contributed by atoms with Gasteiger partial charge in [0.15, 0.2) is 0 Å². The summed E-state index contributed by atoms with van der Waals surface area (Å²) in [4.78, 5) is 4.43. The molecular weight excluding hydrogens is 242 g/mol. The minimum Gasteiger partial charge on any atom is -0.491 e. The lowest BCUT2D eigenvalue weighted by Crippen LogP contribution is -2.13. The van der Waals surface area contributed by atoms with Crippen molar-refractivity contribution in [1.82, 2.24) is 9.55 Å². The first kappa shape index (κ1) is 13.7. The zero-order chi connectivity index (χ0) is 13.8. The molecule has 0 aliphatic heterocycles. The van der Waals surface area contributed by atoms with E-state index in [0.717, 1.165) is 23.2 Å². The van der Waals surface area contributed by atoms with Gasteiger partial charge in [-0.05, 0) is 25.5 Å². The van der Waals surface area contributed by atoms with Gasteiger partial charge >= 0.3 is 0 Å². The quantitative estimate of drug-likeness (QED) is 0.870. The van der Waals surface area contributed by atoms with Crippen LogP contribution in [0.3, 0.4) is 0 Å². The van der Waals surface area contributed by atoms with Gasteiger partial charge in [0.05, 0.1) is 24.8 Å². The molecule has 0 aliphatic carbocycles. The number of hydrogen-bond acceptors (Lipinski definition) is 4. The molecule has 104 valence electrons. The molecule has 0 spiro atoms. The number of nitrogen functional groups attached to an aromatic ring is 1. The zero-order valence-electron chi connectivity index (χ0n) is 11.7. The standard InChI is InChI=1S/C14H21N3O2/c1-4-8-19-12-7-5-6-11-13(12)16-14(15)17(11)10(2)9-18-3/h5-7,10H,4,8-9H2,1-3H3,(H2,15,16). The van der Waals surface area contributed by atoms with Gasteiger partial charge < -0.3 is 19.8 Å². The molecule has 5 nitrogen and oxygen atoms in total. The normalized spacial score (nSPS) is 12.8. The Morgan fingerprint density at radius 2 is 2.21 bits per heavy atom. The van der Waals surface area contributed by atoms with Crippen LogP contribution < -0.4 is 10.5 Å². The first-order valence-electron chi connectivity index (χ1n) is 6.57. The molecule has 5 heteroatoms. The van der Waals surface area contributed by atoms with E-state index in [1.807, 2.05) is 22.8 Å². The summed E-state index contributed by atoms with van der Waals surface area (Å²) in [6, 6.07) is 6.03. The summed E-state index contributed by atoms with van der Waals surface area (Å²) in [6.07, 6.45) is 0.965. The molecule has 1 unspecified atom stereocenters. The van der Waals surface area contributed by atoms with Gasteiger partial charge in [-0.2, -0.15) is 0 Å². The Morgan fingerprint density at radius 1 is 1.42 bits per heavy atom. The van der Waals surface area contributed by atoms with Crippen molar-refractivity contribution in [2.75, 3.05) is 26.1 Å². The second kappa shape index (κ2) is 5.93. The van der Waals surface area contributed by atoms with Gasteiger partial charge in [-0.25, -0.2) is 4.98 Å². The van der Waals surface area contributed by atoms with E-state index in [9.17, 15) is 0 Å². The van der Waals surface area contributed by atoms with E-state index in [-0.39, 0.29) is 6.04 Å². The number of fused-ring (bicyclic) bond motifs is 1. The number of benzene rings is 1. The Bertz CT molecular complexity index is 551. The van der Waals surface area contributed by atoms with Gasteiger partial charge in [-0.3, -0.25) is 0 Å². The van der Waals surface area contributed by atoms with Gasteiger partial charge in [-0.1, -0.05) is 13.0 Å². The maximum atomic E-state index is 6.02. The molecule has 0 bridgehead atoms. The molecule has 0 amide bonds. The lowest BCUT2D eigenvalue weighted by atomic mass is 10.2. The average molecular weight is 263 g/mol. The SMILES string of the molecule is CCCOc1cccc2c1nc(N)n2C(C)COC. The molecule has 0 aliphatic rings. The molecule has 2 aromatic rings. The van der Waals surface area contributed by atoms with E-state index in [1.54, 1.807) is 7.11 Å². The van der Waals surface area contributed by atoms with E-state index in [4.69, 9.17) is 15.2 Å². The van der Waals surface area contributed by atoms with Crippen LogP contribution in [0, 0.1) is 0 Å². The molecule has 1 aromatic carbocycles. The van der Waals surface area contributed by atoms with Crippen molar-refractivity contribution >= 4 is 17.0 Å². The van der Waals surface area contributed by atoms with Crippen LogP contribution in [0.2, 0.25) is 0 Å². The fourth-order valence-corrected chi connectivity index (χ4v) is 2.22. The van der Waals surface area contributed by atoms with E-state index in [1.165, 1.54) is 0 Å². The van der Waals surface area contributed by atoms with Gasteiger partial charge in [0.2, 0.25) is 5.95 Å². The number of nitrogens with zero attached hydrogens (tertiary/aromatic N) is 2. The number of hydrogen-bond donors (Lipinski definition) is 1. The van der Waals surface area contributed by atoms with Crippen LogP contribution >= 0.6 is 0 Å². The van der Waals surface area contributed by atoms with Gasteiger partial charge in [0, 0.05) is 7.11 Å². The second-order valence-corrected chi connectivity index (χ2v) is 4.62. The van der Waals surface area contributed by atoms with Crippen LogP contribution in [-0.2, 0) is 4.74 Å². The molecule has 0 saturated carbocycles. The maximum absolute atomic E-state index is 6.02. The number of methoxy groups -OCH3 is 1. The molecule has 0 saturated heterocycles. The molecule has 1 aromatic heterocycles. The summed E-state index contributed by atoms with van der Waals surface area (Å²) in [5.74, 6) is 1.28. The summed E-state index contributed by atoms with van der Waals surface area (Å²) in [7, 11) is 1.68. The Kier molecular flexibility index (Phi) is 4.27. The minimum atomic E-state index is 0.136. The fourth-order valence-electron chi connectivity index (χ4n) is 2.22. The highest BCUT2D eigenvalue weighted by atomic mass is 16.5. The van der Waals surface area contributed by atoms with E-state index in [0.29, 0.717) is 19.2 Å². The van der Waals surface area contributed by atoms with E-state index < -0.39 is 0 Å². The second-order valence-electron chi connectivity index (χ2n) is 4.62. The summed E-state index contributed by atoms with van der Waals surface area (Å²) >= 11 is 0. The van der Waals surface area contributed by atoms with Crippen LogP contribution in [0.4, 0.5) is 5.95 Å². The smallest absolute Gasteiger partial charge is 0.201 e. The summed E-state index contributed by atoms with van der Waals surface area (Å²) in [5, 5.41) is 0. The van der Waals surface area contributed by atoms with Crippen molar-refractivity contribution in [3.63, 3.8) is 0 Å². The molecule has 1 atom stereocenters. The van der Waals surface area contributed by atoms with E-state index in [2.05, 4.69) is 18.8 Å². The Morgan fingerprint density at radius 3 is 2.89 bits per heavy atom. The van der Waals surface area contributed by atoms with Crippen molar-refractivity contribution in [3.8, 4) is 5.75 Å². The molecule has 0 radical (unpaired) electrons. The predicted molar refractivity (Wildman–Crippen MR) is 76.5 cm³/mol. The van der Waals surface area contributed by atoms with E-state index >= 15 is 0 Å². The molecule has 1 heterocycles. The average Bonchev–Trinajstić information content (AvgIpc) is 2.73. The van der Waals surface area contributed by atoms with Crippen LogP contribution in [0.1, 0.15) is 26.3 Å². The number of para-hydroxylation sites is 1. The van der Waals surface area contributed by atoms with Crippen LogP contribution in [-0.4, -0.2) is 29.9 Å². The minimum absolute atomic E-state index is 0.136. The third-order valence-corrected chi connectivity index (χ3v) is 3.02. The first-order chi connectivity index (χ1) is 9.19. The molecule has 2 rings (SSSR count). The lowest BCUT2D eigenvalue weighted by Gasteiger charge is -2.15. The molecule has 19 heavy (non-hydrogen) atoms. The van der Waals surface area contributed by atoms with Crippen molar-refractivity contribution in [2.45, 2.75) is 26.3 Å². The van der Waals surface area contributed by atoms with Crippen molar-refractivity contribution < 1.29 is 9.47 Å². The lowest BCUT2D eigenvalue weighted by molar-refractivity contribution is 0.164. The van der Waals surface area contributed by atoms with Crippen LogP contribution in [0.25, 0.3) is 11.0 Å². The van der Waals surface area contributed by atoms with Crippen LogP contribution in [0.5, 0.6) is 5.75 Å². The van der Waals surface area contributed by atoms with Gasteiger partial charge in [-0.15, -0.1) is 0 Å². The fraction of sp³-hybridized carbons (Fsp3) is 0.500. The highest BCUT2D eigenvalue weighted by Crippen LogP contribution is 2.29. The number of rotatable bonds is 6. The monoisotopic (exact) mass is 263 g/mol. The molecule has 2 N–H and O–H groups in total. The number of anilines is 1. The predicted octanol–water partition coefficient (Wildman–Crippen LogP) is 2.61. The van der Waals surface area contributed by atoms with Crippen molar-refractivity contribution in [1.29, 1.82) is 0 Å². The van der Waals surface area contributed by atoms with Gasteiger partial charge in [0.1, 0.15) is 11.3 Å². The zero-order valence-corrected chi connectivity index (χ0v) is 11.7. The summed E-state index contributed by atoms with van der Waals surface area (Å²) in [6.45, 7) is 5.41. The molecule has 0 fully saturated rings. The Balaban J connectivity index is 2.46. The topological polar surface area (TPSA) is 62.3 Å². The molecular formula is C14H21N3O2. The first-order valence-corrected chi connectivity index (χ1v) is 6.57.